The van der Waals surface area contributed by atoms with Gasteiger partial charge in [0.2, 0.25) is 15.7 Å². The van der Waals surface area contributed by atoms with Gasteiger partial charge in [-0.15, -0.1) is 0 Å². The highest BCUT2D eigenvalue weighted by Gasteiger charge is 2.17. The van der Waals surface area contributed by atoms with Crippen molar-refractivity contribution in [2.45, 2.75) is 93.8 Å². The van der Waals surface area contributed by atoms with Gasteiger partial charge in [0.1, 0.15) is 0 Å². The van der Waals surface area contributed by atoms with Crippen LogP contribution in [-0.4, -0.2) is 14.3 Å². The molecule has 0 aliphatic carbocycles. The molecule has 1 amide bonds. The highest BCUT2D eigenvalue weighted by molar-refractivity contribution is 7.91. The quantitative estimate of drug-likeness (QED) is 0.266. The standard InChI is InChI=1S/C26H36ClNO3S/c1-2-3-4-5-6-7-8-9-10-11-12-13-26(29)28-23-16-20-25(21-17-23)32(30,31)24-18-14-22(27)15-19-24/h14-21H,2-13H2,1H3,(H,28,29). The van der Waals surface area contributed by atoms with Crippen LogP contribution in [0.3, 0.4) is 0 Å². The highest BCUT2D eigenvalue weighted by Crippen LogP contribution is 2.24. The summed E-state index contributed by atoms with van der Waals surface area (Å²) >= 11 is 5.84. The minimum absolute atomic E-state index is 0.0331. The van der Waals surface area contributed by atoms with Gasteiger partial charge in [-0.3, -0.25) is 4.79 Å². The first-order valence-corrected chi connectivity index (χ1v) is 13.7. The van der Waals surface area contributed by atoms with Crippen LogP contribution in [0.4, 0.5) is 5.69 Å². The molecule has 6 heteroatoms. The minimum Gasteiger partial charge on any atom is -0.326 e. The zero-order valence-corrected chi connectivity index (χ0v) is 20.7. The first-order chi connectivity index (χ1) is 15.4. The zero-order chi connectivity index (χ0) is 23.2. The molecule has 0 aliphatic rings. The lowest BCUT2D eigenvalue weighted by Crippen LogP contribution is -2.11. The Kier molecular flexibility index (Phi) is 11.8. The number of sulfone groups is 1. The molecule has 0 radical (unpaired) electrons. The Balaban J connectivity index is 1.65. The number of benzene rings is 2. The third-order valence-electron chi connectivity index (χ3n) is 5.58. The number of nitrogens with one attached hydrogen (secondary N) is 1. The summed E-state index contributed by atoms with van der Waals surface area (Å²) in [6.45, 7) is 2.24. The van der Waals surface area contributed by atoms with Gasteiger partial charge in [-0.1, -0.05) is 82.7 Å². The number of unbranched alkanes of at least 4 members (excludes halogenated alkanes) is 10. The first kappa shape index (κ1) is 26.4. The maximum atomic E-state index is 12.7. The average molecular weight is 478 g/mol. The van der Waals surface area contributed by atoms with Gasteiger partial charge >= 0.3 is 0 Å². The van der Waals surface area contributed by atoms with E-state index in [2.05, 4.69) is 12.2 Å². The molecule has 4 nitrogen and oxygen atoms in total. The molecule has 2 aromatic carbocycles. The first-order valence-electron chi connectivity index (χ1n) is 11.8. The molecule has 0 aromatic heterocycles. The fourth-order valence-electron chi connectivity index (χ4n) is 3.64. The fraction of sp³-hybridized carbons (Fsp3) is 0.500. The lowest BCUT2D eigenvalue weighted by Gasteiger charge is -2.08. The molecular formula is C26H36ClNO3S. The number of carbonyl (C=O) groups is 1. The Morgan fingerprint density at radius 2 is 1.16 bits per heavy atom. The second-order valence-corrected chi connectivity index (χ2v) is 10.7. The molecule has 0 atom stereocenters. The van der Waals surface area contributed by atoms with E-state index in [9.17, 15) is 13.2 Å². The lowest BCUT2D eigenvalue weighted by atomic mass is 10.1. The summed E-state index contributed by atoms with van der Waals surface area (Å²) in [5, 5.41) is 3.34. The Bertz CT molecular complexity index is 909. The molecule has 1 N–H and O–H groups in total. The van der Waals surface area contributed by atoms with E-state index in [1.54, 1.807) is 24.3 Å². The lowest BCUT2D eigenvalue weighted by molar-refractivity contribution is -0.116. The molecule has 0 spiro atoms. The van der Waals surface area contributed by atoms with Gasteiger partial charge < -0.3 is 5.32 Å². The van der Waals surface area contributed by atoms with Crippen molar-refractivity contribution >= 4 is 33.0 Å². The van der Waals surface area contributed by atoms with Crippen LogP contribution in [0.5, 0.6) is 0 Å². The molecule has 2 rings (SSSR count). The van der Waals surface area contributed by atoms with Crippen molar-refractivity contribution in [1.82, 2.24) is 0 Å². The van der Waals surface area contributed by atoms with E-state index in [0.717, 1.165) is 12.8 Å². The third kappa shape index (κ3) is 9.33. The molecule has 32 heavy (non-hydrogen) atoms. The summed E-state index contributed by atoms with van der Waals surface area (Å²) in [6.07, 6.45) is 14.2. The average Bonchev–Trinajstić information content (AvgIpc) is 2.78. The molecule has 176 valence electrons. The third-order valence-corrected chi connectivity index (χ3v) is 7.62. The van der Waals surface area contributed by atoms with Crippen molar-refractivity contribution in [3.63, 3.8) is 0 Å². The van der Waals surface area contributed by atoms with Crippen LogP contribution in [0.2, 0.25) is 5.02 Å². The number of anilines is 1. The van der Waals surface area contributed by atoms with Gasteiger partial charge in [-0.05, 0) is 55.0 Å². The predicted molar refractivity (Wildman–Crippen MR) is 133 cm³/mol. The summed E-state index contributed by atoms with van der Waals surface area (Å²) in [7, 11) is -3.61. The maximum absolute atomic E-state index is 12.7. The summed E-state index contributed by atoms with van der Waals surface area (Å²) in [4.78, 5) is 12.5. The number of carbonyl (C=O) groups excluding carboxylic acids is 1. The number of halogens is 1. The molecule has 0 fully saturated rings. The van der Waals surface area contributed by atoms with Crippen LogP contribution in [-0.2, 0) is 14.6 Å². The Hall–Kier alpha value is -1.85. The van der Waals surface area contributed by atoms with Crippen LogP contribution in [0.1, 0.15) is 84.0 Å². The van der Waals surface area contributed by atoms with Crippen molar-refractivity contribution in [2.24, 2.45) is 0 Å². The zero-order valence-electron chi connectivity index (χ0n) is 19.1. The Morgan fingerprint density at radius 3 is 1.66 bits per heavy atom. The highest BCUT2D eigenvalue weighted by atomic mass is 35.5. The SMILES string of the molecule is CCCCCCCCCCCCCC(=O)Nc1ccc(S(=O)(=O)c2ccc(Cl)cc2)cc1. The monoisotopic (exact) mass is 477 g/mol. The number of rotatable bonds is 15. The van der Waals surface area contributed by atoms with Crippen molar-refractivity contribution in [3.05, 3.63) is 53.6 Å². The van der Waals surface area contributed by atoms with E-state index < -0.39 is 9.84 Å². The van der Waals surface area contributed by atoms with Gasteiger partial charge in [0.05, 0.1) is 9.79 Å². The smallest absolute Gasteiger partial charge is 0.224 e. The second-order valence-electron chi connectivity index (χ2n) is 8.32. The molecule has 0 saturated carbocycles. The topological polar surface area (TPSA) is 63.2 Å². The molecule has 0 saturated heterocycles. The predicted octanol–water partition coefficient (Wildman–Crippen LogP) is 7.81. The fourth-order valence-corrected chi connectivity index (χ4v) is 5.03. The Labute approximate surface area is 198 Å². The Morgan fingerprint density at radius 1 is 0.719 bits per heavy atom. The summed E-state index contributed by atoms with van der Waals surface area (Å²) < 4.78 is 25.4. The minimum atomic E-state index is -3.61. The molecule has 2 aromatic rings. The largest absolute Gasteiger partial charge is 0.326 e. The van der Waals surface area contributed by atoms with Gasteiger partial charge in [0, 0.05) is 17.1 Å². The van der Waals surface area contributed by atoms with Crippen LogP contribution in [0, 0.1) is 0 Å². The van der Waals surface area contributed by atoms with E-state index in [4.69, 9.17) is 11.6 Å². The number of hydrogen-bond acceptors (Lipinski definition) is 3. The summed E-state index contributed by atoms with van der Waals surface area (Å²) in [5.74, 6) is -0.0331. The van der Waals surface area contributed by atoms with E-state index in [0.29, 0.717) is 17.1 Å². The van der Waals surface area contributed by atoms with Crippen LogP contribution in [0.25, 0.3) is 0 Å². The van der Waals surface area contributed by atoms with Gasteiger partial charge in [0.15, 0.2) is 0 Å². The molecule has 0 aliphatic heterocycles. The van der Waals surface area contributed by atoms with Crippen LogP contribution in [0.15, 0.2) is 58.3 Å². The van der Waals surface area contributed by atoms with E-state index >= 15 is 0 Å². The van der Waals surface area contributed by atoms with Gasteiger partial charge in [-0.25, -0.2) is 8.42 Å². The van der Waals surface area contributed by atoms with Crippen LogP contribution >= 0.6 is 11.6 Å². The van der Waals surface area contributed by atoms with Crippen molar-refractivity contribution in [1.29, 1.82) is 0 Å². The van der Waals surface area contributed by atoms with Gasteiger partial charge in [0.25, 0.3) is 0 Å². The van der Waals surface area contributed by atoms with E-state index in [1.165, 1.54) is 82.1 Å². The van der Waals surface area contributed by atoms with E-state index in [1.807, 2.05) is 0 Å². The molecule has 0 heterocycles. The number of amides is 1. The molecule has 0 bridgehead atoms. The van der Waals surface area contributed by atoms with Crippen LogP contribution < -0.4 is 5.32 Å². The van der Waals surface area contributed by atoms with Crippen molar-refractivity contribution < 1.29 is 13.2 Å². The summed E-state index contributed by atoms with van der Waals surface area (Å²) in [5.41, 5.74) is 0.605. The number of hydrogen-bond donors (Lipinski definition) is 1. The van der Waals surface area contributed by atoms with Crippen molar-refractivity contribution in [2.75, 3.05) is 5.32 Å². The van der Waals surface area contributed by atoms with Crippen molar-refractivity contribution in [3.8, 4) is 0 Å². The molecule has 0 unspecified atom stereocenters. The second kappa shape index (κ2) is 14.3. The van der Waals surface area contributed by atoms with E-state index in [-0.39, 0.29) is 15.7 Å². The van der Waals surface area contributed by atoms with Gasteiger partial charge in [-0.2, -0.15) is 0 Å². The molecular weight excluding hydrogens is 442 g/mol. The normalized spacial score (nSPS) is 11.4. The summed E-state index contributed by atoms with van der Waals surface area (Å²) in [6, 6.07) is 12.4. The maximum Gasteiger partial charge on any atom is 0.224 e.